The van der Waals surface area contributed by atoms with E-state index >= 15 is 0 Å². The average Bonchev–Trinajstić information content (AvgIpc) is 3.02. The number of hydrogen-bond donors (Lipinski definition) is 0. The fraction of sp³-hybridized carbons (Fsp3) is 0.750. The largest absolute Gasteiger partial charge is 0.466 e. The third kappa shape index (κ3) is 3.59. The zero-order valence-electron chi connectivity index (χ0n) is 12.3. The second-order valence-electron chi connectivity index (χ2n) is 5.20. The molecule has 0 heterocycles. The maximum Gasteiger partial charge on any atom is 0.421 e. The monoisotopic (exact) mass is 412 g/mol. The molecule has 26 heavy (non-hydrogen) atoms. The summed E-state index contributed by atoms with van der Waals surface area (Å²) in [5.74, 6) is -8.99. The standard InChI is InChI=1S/C12H8F12O2/c1-2-26-7(25)6-4(3-5(9(13,14)15)10(16,17)18)8(6,11(19,20)21)12(22,23)24/h3-4,6H,2H2,1H3. The van der Waals surface area contributed by atoms with Gasteiger partial charge in [-0.05, 0) is 6.92 Å². The zero-order valence-corrected chi connectivity index (χ0v) is 12.3. The molecule has 0 N–H and O–H groups in total. The van der Waals surface area contributed by atoms with Crippen LogP contribution in [0.5, 0.6) is 0 Å². The number of hydrogen-bond acceptors (Lipinski definition) is 2. The second kappa shape index (κ2) is 6.22. The molecule has 152 valence electrons. The first-order valence-electron chi connectivity index (χ1n) is 6.49. The van der Waals surface area contributed by atoms with E-state index in [0.717, 1.165) is 6.92 Å². The van der Waals surface area contributed by atoms with Crippen molar-refractivity contribution in [1.29, 1.82) is 0 Å². The van der Waals surface area contributed by atoms with Crippen molar-refractivity contribution in [1.82, 2.24) is 0 Å². The highest BCUT2D eigenvalue weighted by Crippen LogP contribution is 2.75. The lowest BCUT2D eigenvalue weighted by molar-refractivity contribution is -0.308. The Bertz CT molecular complexity index is 547. The second-order valence-corrected chi connectivity index (χ2v) is 5.20. The van der Waals surface area contributed by atoms with E-state index in [4.69, 9.17) is 0 Å². The minimum absolute atomic E-state index is 0.733. The van der Waals surface area contributed by atoms with Gasteiger partial charge in [-0.2, -0.15) is 52.7 Å². The molecule has 0 aromatic carbocycles. The highest BCUT2D eigenvalue weighted by atomic mass is 19.4. The Labute approximate surface area is 136 Å². The number of carbonyl (C=O) groups excluding carboxylic acids is 1. The highest BCUT2D eigenvalue weighted by molar-refractivity contribution is 5.79. The number of halogens is 12. The van der Waals surface area contributed by atoms with Crippen LogP contribution >= 0.6 is 0 Å². The summed E-state index contributed by atoms with van der Waals surface area (Å²) in [6, 6.07) is 0. The maximum absolute atomic E-state index is 13.0. The van der Waals surface area contributed by atoms with Crippen molar-refractivity contribution in [2.75, 3.05) is 6.61 Å². The predicted molar refractivity (Wildman–Crippen MR) is 58.3 cm³/mol. The fourth-order valence-electron chi connectivity index (χ4n) is 2.63. The van der Waals surface area contributed by atoms with Crippen molar-refractivity contribution in [3.63, 3.8) is 0 Å². The van der Waals surface area contributed by atoms with Crippen molar-refractivity contribution < 1.29 is 62.2 Å². The summed E-state index contributed by atoms with van der Waals surface area (Å²) in [6.45, 7) is 0.244. The van der Waals surface area contributed by atoms with Gasteiger partial charge in [-0.3, -0.25) is 4.79 Å². The van der Waals surface area contributed by atoms with Crippen LogP contribution in [0.2, 0.25) is 0 Å². The molecular formula is C12H8F12O2. The van der Waals surface area contributed by atoms with Gasteiger partial charge in [0.2, 0.25) is 0 Å². The molecule has 2 atom stereocenters. The molecule has 2 nitrogen and oxygen atoms in total. The van der Waals surface area contributed by atoms with Gasteiger partial charge < -0.3 is 4.74 Å². The molecule has 0 amide bonds. The Morgan fingerprint density at radius 1 is 0.885 bits per heavy atom. The van der Waals surface area contributed by atoms with E-state index in [1.165, 1.54) is 0 Å². The molecule has 0 aliphatic heterocycles. The minimum Gasteiger partial charge on any atom is -0.466 e. The Hall–Kier alpha value is -1.63. The third-order valence-electron chi connectivity index (χ3n) is 3.70. The quantitative estimate of drug-likeness (QED) is 0.372. The Kier molecular flexibility index (Phi) is 5.36. The predicted octanol–water partition coefficient (Wildman–Crippen LogP) is 4.96. The molecule has 1 fully saturated rings. The van der Waals surface area contributed by atoms with Gasteiger partial charge in [-0.25, -0.2) is 0 Å². The summed E-state index contributed by atoms with van der Waals surface area (Å²) in [5, 5.41) is 0. The molecule has 1 rings (SSSR count). The normalized spacial score (nSPS) is 23.4. The summed E-state index contributed by atoms with van der Waals surface area (Å²) in [5.41, 5.74) is -8.67. The van der Waals surface area contributed by atoms with Crippen LogP contribution in [0.15, 0.2) is 11.6 Å². The van der Waals surface area contributed by atoms with E-state index in [1.54, 1.807) is 0 Å². The van der Waals surface area contributed by atoms with E-state index in [0.29, 0.717) is 0 Å². The first kappa shape index (κ1) is 22.4. The van der Waals surface area contributed by atoms with Crippen LogP contribution in [-0.4, -0.2) is 37.3 Å². The van der Waals surface area contributed by atoms with Gasteiger partial charge in [0, 0.05) is 5.92 Å². The first-order valence-corrected chi connectivity index (χ1v) is 6.49. The Balaban J connectivity index is 3.64. The van der Waals surface area contributed by atoms with Crippen LogP contribution in [0.4, 0.5) is 52.7 Å². The molecule has 0 aromatic rings. The van der Waals surface area contributed by atoms with Crippen LogP contribution in [-0.2, 0) is 9.53 Å². The van der Waals surface area contributed by atoms with E-state index in [2.05, 4.69) is 4.74 Å². The van der Waals surface area contributed by atoms with Gasteiger partial charge in [-0.1, -0.05) is 6.08 Å². The van der Waals surface area contributed by atoms with E-state index in [9.17, 15) is 57.5 Å². The van der Waals surface area contributed by atoms with Crippen molar-refractivity contribution in [2.45, 2.75) is 31.6 Å². The number of esters is 1. The lowest BCUT2D eigenvalue weighted by atomic mass is 9.99. The number of allylic oxidation sites excluding steroid dienone is 2. The molecule has 1 aliphatic rings. The molecule has 1 saturated carbocycles. The maximum atomic E-state index is 13.0. The molecule has 14 heteroatoms. The minimum atomic E-state index is -6.36. The van der Waals surface area contributed by atoms with Crippen LogP contribution in [0, 0.1) is 17.3 Å². The number of alkyl halides is 12. The highest BCUT2D eigenvalue weighted by Gasteiger charge is 2.91. The summed E-state index contributed by atoms with van der Waals surface area (Å²) in [7, 11) is 0. The summed E-state index contributed by atoms with van der Waals surface area (Å²) in [4.78, 5) is 11.4. The topological polar surface area (TPSA) is 26.3 Å². The third-order valence-corrected chi connectivity index (χ3v) is 3.70. The SMILES string of the molecule is CCOC(=O)C1C(C=C(C(F)(F)F)C(F)(F)F)C1(C(F)(F)F)C(F)(F)F. The van der Waals surface area contributed by atoms with Gasteiger partial charge in [0.05, 0.1) is 12.5 Å². The van der Waals surface area contributed by atoms with Crippen molar-refractivity contribution >= 4 is 5.97 Å². The van der Waals surface area contributed by atoms with Crippen molar-refractivity contribution in [2.24, 2.45) is 17.3 Å². The summed E-state index contributed by atoms with van der Waals surface area (Å²) >= 11 is 0. The van der Waals surface area contributed by atoms with Crippen LogP contribution < -0.4 is 0 Å². The lowest BCUT2D eigenvalue weighted by Crippen LogP contribution is -2.43. The smallest absolute Gasteiger partial charge is 0.421 e. The van der Waals surface area contributed by atoms with Crippen molar-refractivity contribution in [3.8, 4) is 0 Å². The molecular weight excluding hydrogens is 404 g/mol. The summed E-state index contributed by atoms with van der Waals surface area (Å²) in [6.07, 6.45) is -26.5. The Morgan fingerprint density at radius 2 is 1.27 bits per heavy atom. The van der Waals surface area contributed by atoms with Crippen LogP contribution in [0.3, 0.4) is 0 Å². The van der Waals surface area contributed by atoms with Gasteiger partial charge >= 0.3 is 30.7 Å². The molecule has 2 unspecified atom stereocenters. The summed E-state index contributed by atoms with van der Waals surface area (Å²) < 4.78 is 157. The van der Waals surface area contributed by atoms with E-state index < -0.39 is 66.2 Å². The van der Waals surface area contributed by atoms with Gasteiger partial charge in [0.1, 0.15) is 5.57 Å². The molecule has 0 aromatic heterocycles. The Morgan fingerprint density at radius 3 is 1.54 bits per heavy atom. The van der Waals surface area contributed by atoms with Crippen molar-refractivity contribution in [3.05, 3.63) is 11.6 Å². The van der Waals surface area contributed by atoms with E-state index in [1.807, 2.05) is 0 Å². The van der Waals surface area contributed by atoms with Gasteiger partial charge in [0.15, 0.2) is 5.41 Å². The number of rotatable bonds is 3. The van der Waals surface area contributed by atoms with Crippen LogP contribution in [0.25, 0.3) is 0 Å². The fourth-order valence-corrected chi connectivity index (χ4v) is 2.63. The van der Waals surface area contributed by atoms with Crippen LogP contribution in [0.1, 0.15) is 6.92 Å². The van der Waals surface area contributed by atoms with Gasteiger partial charge in [-0.15, -0.1) is 0 Å². The number of carbonyl (C=O) groups is 1. The molecule has 1 aliphatic carbocycles. The molecule has 0 saturated heterocycles. The average molecular weight is 412 g/mol. The molecule has 0 bridgehead atoms. The number of ether oxygens (including phenoxy) is 1. The van der Waals surface area contributed by atoms with Gasteiger partial charge in [0.25, 0.3) is 0 Å². The zero-order chi connectivity index (χ0) is 20.9. The van der Waals surface area contributed by atoms with E-state index in [-0.39, 0.29) is 0 Å². The first-order chi connectivity index (χ1) is 11.3. The molecule has 0 radical (unpaired) electrons. The lowest BCUT2D eigenvalue weighted by Gasteiger charge is -2.24. The molecule has 0 spiro atoms.